The molecule has 3 N–H and O–H groups in total. The number of hydrogen-bond acceptors (Lipinski definition) is 8. The highest BCUT2D eigenvalue weighted by Gasteiger charge is 2.44. The Morgan fingerprint density at radius 2 is 2.03 bits per heavy atom. The summed E-state index contributed by atoms with van der Waals surface area (Å²) in [5.74, 6) is 0.322. The zero-order valence-corrected chi connectivity index (χ0v) is 18.3. The van der Waals surface area contributed by atoms with Crippen LogP contribution < -0.4 is 5.32 Å². The highest BCUT2D eigenvalue weighted by atomic mass is 19.1. The number of rotatable bonds is 7. The molecule has 176 valence electrons. The predicted molar refractivity (Wildman–Crippen MR) is 118 cm³/mol. The van der Waals surface area contributed by atoms with Crippen LogP contribution in [0.3, 0.4) is 0 Å². The number of aliphatic hydroxyl groups is 2. The topological polar surface area (TPSA) is 115 Å². The second-order valence-corrected chi connectivity index (χ2v) is 8.73. The van der Waals surface area contributed by atoms with Gasteiger partial charge < -0.3 is 25.0 Å². The van der Waals surface area contributed by atoms with Crippen LogP contribution in [0, 0.1) is 5.82 Å². The first-order valence-electron chi connectivity index (χ1n) is 11.3. The molecule has 0 spiro atoms. The summed E-state index contributed by atoms with van der Waals surface area (Å²) in [5.41, 5.74) is 1.61. The van der Waals surface area contributed by atoms with Crippen molar-refractivity contribution in [1.29, 1.82) is 0 Å². The Balaban J connectivity index is 1.32. The van der Waals surface area contributed by atoms with E-state index in [1.54, 1.807) is 29.9 Å². The third-order valence-corrected chi connectivity index (χ3v) is 6.68. The van der Waals surface area contributed by atoms with E-state index in [1.807, 2.05) is 0 Å². The van der Waals surface area contributed by atoms with Crippen molar-refractivity contribution < 1.29 is 24.1 Å². The normalized spacial score (nSPS) is 29.7. The number of anilines is 1. The molecule has 1 saturated carbocycles. The van der Waals surface area contributed by atoms with Crippen LogP contribution in [0.2, 0.25) is 0 Å². The Hall–Kier alpha value is -2.66. The Morgan fingerprint density at radius 1 is 1.18 bits per heavy atom. The van der Waals surface area contributed by atoms with Crippen LogP contribution in [-0.2, 0) is 15.9 Å². The molecular weight excluding hydrogens is 429 g/mol. The van der Waals surface area contributed by atoms with Crippen LogP contribution in [0.25, 0.3) is 11.2 Å². The smallest absolute Gasteiger partial charge is 0.167 e. The molecule has 5 rings (SSSR count). The average molecular weight is 458 g/mol. The molecule has 2 aliphatic rings. The lowest BCUT2D eigenvalue weighted by Gasteiger charge is -2.17. The zero-order valence-electron chi connectivity index (χ0n) is 18.3. The zero-order chi connectivity index (χ0) is 22.9. The Kier molecular flexibility index (Phi) is 6.24. The van der Waals surface area contributed by atoms with Crippen molar-refractivity contribution in [3.05, 3.63) is 48.3 Å². The second-order valence-electron chi connectivity index (χ2n) is 8.73. The molecule has 33 heavy (non-hydrogen) atoms. The van der Waals surface area contributed by atoms with Crippen LogP contribution in [0.15, 0.2) is 36.9 Å². The first-order chi connectivity index (χ1) is 16.0. The van der Waals surface area contributed by atoms with Gasteiger partial charge in [-0.25, -0.2) is 19.3 Å². The summed E-state index contributed by atoms with van der Waals surface area (Å²) in [7, 11) is 1.72. The van der Waals surface area contributed by atoms with Crippen molar-refractivity contribution >= 4 is 17.0 Å². The molecule has 0 radical (unpaired) electrons. The van der Waals surface area contributed by atoms with E-state index in [0.717, 1.165) is 19.3 Å². The minimum Gasteiger partial charge on any atom is -0.388 e. The van der Waals surface area contributed by atoms with Crippen molar-refractivity contribution in [3.8, 4) is 0 Å². The number of imidazole rings is 1. The number of nitrogens with zero attached hydrogens (tertiary/aromatic N) is 4. The largest absolute Gasteiger partial charge is 0.388 e. The van der Waals surface area contributed by atoms with Gasteiger partial charge in [-0.3, -0.25) is 4.57 Å². The number of aryl methyl sites for hydroxylation is 1. The van der Waals surface area contributed by atoms with Gasteiger partial charge in [0.25, 0.3) is 0 Å². The van der Waals surface area contributed by atoms with Gasteiger partial charge in [0.1, 0.15) is 24.4 Å². The fourth-order valence-electron chi connectivity index (χ4n) is 4.82. The molecule has 0 amide bonds. The molecule has 0 bridgehead atoms. The molecule has 2 aromatic heterocycles. The lowest BCUT2D eigenvalue weighted by Crippen LogP contribution is -2.31. The minimum absolute atomic E-state index is 0.233. The SMILES string of the molecule is COC1CCC(Nc2ncnc3c2ncn3[C@@H]2O[C@H](CCc3ccccc3F)[C@@H](O)[C@H]2O)C1. The highest BCUT2D eigenvalue weighted by molar-refractivity contribution is 5.82. The van der Waals surface area contributed by atoms with Crippen LogP contribution in [0.5, 0.6) is 0 Å². The third-order valence-electron chi connectivity index (χ3n) is 6.68. The van der Waals surface area contributed by atoms with Gasteiger partial charge in [0.2, 0.25) is 0 Å². The van der Waals surface area contributed by atoms with Gasteiger partial charge in [-0.05, 0) is 43.7 Å². The first-order valence-corrected chi connectivity index (χ1v) is 11.3. The van der Waals surface area contributed by atoms with Gasteiger partial charge in [0.15, 0.2) is 23.2 Å². The number of aliphatic hydroxyl groups excluding tert-OH is 2. The van der Waals surface area contributed by atoms with E-state index in [0.29, 0.717) is 35.4 Å². The fraction of sp³-hybridized carbons (Fsp3) is 0.522. The molecule has 1 aromatic carbocycles. The summed E-state index contributed by atoms with van der Waals surface area (Å²) in [6.07, 6.45) is 3.05. The van der Waals surface area contributed by atoms with Crippen molar-refractivity contribution in [2.45, 2.75) is 68.8 Å². The number of halogens is 1. The molecule has 1 aliphatic heterocycles. The number of methoxy groups -OCH3 is 1. The van der Waals surface area contributed by atoms with E-state index in [-0.39, 0.29) is 18.0 Å². The van der Waals surface area contributed by atoms with Crippen molar-refractivity contribution in [2.75, 3.05) is 12.4 Å². The third kappa shape index (κ3) is 4.31. The summed E-state index contributed by atoms with van der Waals surface area (Å²) in [6, 6.07) is 6.75. The number of nitrogens with one attached hydrogen (secondary N) is 1. The molecule has 1 aliphatic carbocycles. The van der Waals surface area contributed by atoms with E-state index >= 15 is 0 Å². The number of benzene rings is 1. The highest BCUT2D eigenvalue weighted by Crippen LogP contribution is 2.34. The number of aromatic nitrogens is 4. The van der Waals surface area contributed by atoms with Crippen molar-refractivity contribution in [2.24, 2.45) is 0 Å². The summed E-state index contributed by atoms with van der Waals surface area (Å²) < 4.78 is 27.0. The van der Waals surface area contributed by atoms with Crippen LogP contribution in [0.4, 0.5) is 10.2 Å². The van der Waals surface area contributed by atoms with Crippen LogP contribution in [0.1, 0.15) is 37.5 Å². The van der Waals surface area contributed by atoms with Crippen LogP contribution in [-0.4, -0.2) is 67.3 Å². The molecule has 3 aromatic rings. The monoisotopic (exact) mass is 457 g/mol. The summed E-state index contributed by atoms with van der Waals surface area (Å²) in [5, 5.41) is 24.7. The molecular formula is C23H28FN5O4. The van der Waals surface area contributed by atoms with Gasteiger partial charge in [-0.15, -0.1) is 0 Å². The molecule has 6 atom stereocenters. The van der Waals surface area contributed by atoms with Gasteiger partial charge in [-0.1, -0.05) is 18.2 Å². The van der Waals surface area contributed by atoms with Gasteiger partial charge in [0, 0.05) is 13.2 Å². The Labute approximate surface area is 190 Å². The molecule has 2 unspecified atom stereocenters. The van der Waals surface area contributed by atoms with Gasteiger partial charge in [-0.2, -0.15) is 0 Å². The number of hydrogen-bond donors (Lipinski definition) is 3. The van der Waals surface area contributed by atoms with E-state index in [4.69, 9.17) is 9.47 Å². The molecule has 1 saturated heterocycles. The Bertz CT molecular complexity index is 1110. The predicted octanol–water partition coefficient (Wildman–Crippen LogP) is 2.20. The molecule has 2 fully saturated rings. The summed E-state index contributed by atoms with van der Waals surface area (Å²) >= 11 is 0. The standard InChI is InChI=1S/C23H28FN5O4/c1-32-15-8-7-14(10-15)28-21-18-22(26-11-25-21)29(12-27-18)23-20(31)19(30)17(33-23)9-6-13-4-2-3-5-16(13)24/h2-5,11-12,14-15,17,19-20,23,30-31H,6-10H2,1H3,(H,25,26,28)/t14?,15?,17-,19-,20-,23-/m1/s1. The maximum Gasteiger partial charge on any atom is 0.167 e. The summed E-state index contributed by atoms with van der Waals surface area (Å²) in [6.45, 7) is 0. The van der Waals surface area contributed by atoms with E-state index in [2.05, 4.69) is 20.3 Å². The van der Waals surface area contributed by atoms with Crippen molar-refractivity contribution in [3.63, 3.8) is 0 Å². The minimum atomic E-state index is -1.17. The lowest BCUT2D eigenvalue weighted by atomic mass is 10.0. The average Bonchev–Trinajstić information content (AvgIpc) is 3.53. The lowest BCUT2D eigenvalue weighted by molar-refractivity contribution is -0.0368. The number of ether oxygens (including phenoxy) is 2. The maximum absolute atomic E-state index is 13.9. The quantitative estimate of drug-likeness (QED) is 0.495. The van der Waals surface area contributed by atoms with E-state index in [9.17, 15) is 14.6 Å². The number of fused-ring (bicyclic) bond motifs is 1. The Morgan fingerprint density at radius 3 is 2.82 bits per heavy atom. The molecule has 9 nitrogen and oxygen atoms in total. The molecule has 10 heteroatoms. The van der Waals surface area contributed by atoms with Gasteiger partial charge >= 0.3 is 0 Å². The van der Waals surface area contributed by atoms with E-state index in [1.165, 1.54) is 18.7 Å². The first kappa shape index (κ1) is 22.1. The fourth-order valence-corrected chi connectivity index (χ4v) is 4.82. The van der Waals surface area contributed by atoms with Crippen LogP contribution >= 0.6 is 0 Å². The molecule has 3 heterocycles. The van der Waals surface area contributed by atoms with Gasteiger partial charge in [0.05, 0.1) is 18.5 Å². The summed E-state index contributed by atoms with van der Waals surface area (Å²) in [4.78, 5) is 13.2. The van der Waals surface area contributed by atoms with E-state index < -0.39 is 24.5 Å². The van der Waals surface area contributed by atoms with Crippen molar-refractivity contribution in [1.82, 2.24) is 19.5 Å². The second kappa shape index (κ2) is 9.30. The maximum atomic E-state index is 13.9.